The van der Waals surface area contributed by atoms with Gasteiger partial charge in [-0.2, -0.15) is 0 Å². The van der Waals surface area contributed by atoms with E-state index in [0.29, 0.717) is 6.04 Å². The Morgan fingerprint density at radius 3 is 2.62 bits per heavy atom. The molecular formula is C14H28N2. The topological polar surface area (TPSA) is 15.3 Å². The predicted octanol–water partition coefficient (Wildman–Crippen LogP) is 2.35. The maximum absolute atomic E-state index is 3.40. The first-order chi connectivity index (χ1) is 7.72. The van der Waals surface area contributed by atoms with Crippen LogP contribution in [0.2, 0.25) is 0 Å². The molecule has 2 nitrogen and oxygen atoms in total. The summed E-state index contributed by atoms with van der Waals surface area (Å²) < 4.78 is 0. The number of nitrogens with one attached hydrogen (secondary N) is 1. The first-order valence-corrected chi connectivity index (χ1v) is 7.08. The minimum Gasteiger partial charge on any atom is -0.316 e. The van der Waals surface area contributed by atoms with Gasteiger partial charge in [-0.15, -0.1) is 0 Å². The van der Waals surface area contributed by atoms with E-state index in [4.69, 9.17) is 0 Å². The molecule has 0 spiro atoms. The van der Waals surface area contributed by atoms with Crippen molar-refractivity contribution < 1.29 is 0 Å². The lowest BCUT2D eigenvalue weighted by Gasteiger charge is -2.29. The summed E-state index contributed by atoms with van der Waals surface area (Å²) in [6.07, 6.45) is 7.34. The van der Waals surface area contributed by atoms with Gasteiger partial charge in [-0.25, -0.2) is 0 Å². The van der Waals surface area contributed by atoms with Crippen LogP contribution in [-0.2, 0) is 0 Å². The highest BCUT2D eigenvalue weighted by atomic mass is 15.1. The van der Waals surface area contributed by atoms with Crippen LogP contribution in [0, 0.1) is 17.8 Å². The zero-order valence-corrected chi connectivity index (χ0v) is 11.2. The molecule has 1 N–H and O–H groups in total. The summed E-state index contributed by atoms with van der Waals surface area (Å²) in [4.78, 5) is 2.55. The Balaban J connectivity index is 1.72. The lowest BCUT2D eigenvalue weighted by atomic mass is 9.88. The van der Waals surface area contributed by atoms with Gasteiger partial charge < -0.3 is 10.2 Å². The fraction of sp³-hybridized carbons (Fsp3) is 1.00. The van der Waals surface area contributed by atoms with Gasteiger partial charge in [-0.05, 0) is 57.5 Å². The monoisotopic (exact) mass is 224 g/mol. The predicted molar refractivity (Wildman–Crippen MR) is 69.6 cm³/mol. The van der Waals surface area contributed by atoms with Crippen LogP contribution in [0.25, 0.3) is 0 Å². The van der Waals surface area contributed by atoms with Crippen molar-refractivity contribution in [2.24, 2.45) is 17.8 Å². The van der Waals surface area contributed by atoms with Crippen molar-refractivity contribution in [3.05, 3.63) is 0 Å². The average molecular weight is 224 g/mol. The maximum Gasteiger partial charge on any atom is 0.0189 e. The Hall–Kier alpha value is -0.0800. The van der Waals surface area contributed by atoms with Crippen LogP contribution < -0.4 is 5.32 Å². The molecule has 16 heavy (non-hydrogen) atoms. The molecule has 94 valence electrons. The summed E-state index contributed by atoms with van der Waals surface area (Å²) in [7, 11) is 4.38. The van der Waals surface area contributed by atoms with Gasteiger partial charge in [0.25, 0.3) is 0 Å². The molecule has 2 fully saturated rings. The van der Waals surface area contributed by atoms with Crippen molar-refractivity contribution in [1.82, 2.24) is 10.2 Å². The molecule has 2 heteroatoms. The summed E-state index contributed by atoms with van der Waals surface area (Å²) in [5.41, 5.74) is 0. The molecule has 0 amide bonds. The van der Waals surface area contributed by atoms with Crippen molar-refractivity contribution in [2.75, 3.05) is 27.2 Å². The quantitative estimate of drug-likeness (QED) is 0.745. The van der Waals surface area contributed by atoms with E-state index in [1.165, 1.54) is 38.8 Å². The standard InChI is InChI=1S/C14H28N2/c1-4-14(15-2)10-16(3)9-13-8-11-5-6-12(13)7-11/h11-15H,4-10H2,1-3H3. The molecule has 0 aromatic rings. The summed E-state index contributed by atoms with van der Waals surface area (Å²) in [5, 5.41) is 3.40. The second-order valence-electron chi connectivity index (χ2n) is 6.05. The van der Waals surface area contributed by atoms with E-state index in [9.17, 15) is 0 Å². The van der Waals surface area contributed by atoms with Crippen molar-refractivity contribution in [2.45, 2.75) is 45.1 Å². The summed E-state index contributed by atoms with van der Waals surface area (Å²) in [6.45, 7) is 4.81. The zero-order valence-electron chi connectivity index (χ0n) is 11.2. The molecule has 2 rings (SSSR count). The Labute approximate surface area is 101 Å². The van der Waals surface area contributed by atoms with E-state index >= 15 is 0 Å². The molecule has 2 aliphatic carbocycles. The number of hydrogen-bond donors (Lipinski definition) is 1. The highest BCUT2D eigenvalue weighted by Crippen LogP contribution is 2.48. The van der Waals surface area contributed by atoms with Gasteiger partial charge in [0.2, 0.25) is 0 Å². The van der Waals surface area contributed by atoms with Crippen LogP contribution in [0.3, 0.4) is 0 Å². The second kappa shape index (κ2) is 5.50. The number of likely N-dealkylation sites (N-methyl/N-ethyl adjacent to an activating group) is 2. The van der Waals surface area contributed by atoms with Crippen LogP contribution >= 0.6 is 0 Å². The van der Waals surface area contributed by atoms with Gasteiger partial charge in [0.1, 0.15) is 0 Å². The molecule has 4 atom stereocenters. The molecule has 0 saturated heterocycles. The van der Waals surface area contributed by atoms with E-state index in [2.05, 4.69) is 31.2 Å². The van der Waals surface area contributed by atoms with Gasteiger partial charge in [0.05, 0.1) is 0 Å². The maximum atomic E-state index is 3.40. The Kier molecular flexibility index (Phi) is 4.26. The lowest BCUT2D eigenvalue weighted by molar-refractivity contribution is 0.204. The second-order valence-corrected chi connectivity index (χ2v) is 6.05. The van der Waals surface area contributed by atoms with Crippen LogP contribution in [0.4, 0.5) is 0 Å². The van der Waals surface area contributed by atoms with E-state index < -0.39 is 0 Å². The first kappa shape index (κ1) is 12.4. The molecule has 0 heterocycles. The number of nitrogens with zero attached hydrogens (tertiary/aromatic N) is 1. The van der Waals surface area contributed by atoms with E-state index in [1.807, 2.05) is 0 Å². The summed E-state index contributed by atoms with van der Waals surface area (Å²) in [5.74, 6) is 3.18. The Bertz CT molecular complexity index is 213. The number of hydrogen-bond acceptors (Lipinski definition) is 2. The number of rotatable bonds is 6. The van der Waals surface area contributed by atoms with Crippen molar-refractivity contribution >= 4 is 0 Å². The fourth-order valence-corrected chi connectivity index (χ4v) is 3.88. The molecule has 4 unspecified atom stereocenters. The molecule has 0 aromatic carbocycles. The first-order valence-electron chi connectivity index (χ1n) is 7.08. The minimum atomic E-state index is 0.670. The van der Waals surface area contributed by atoms with Gasteiger partial charge in [0.15, 0.2) is 0 Å². The summed E-state index contributed by atoms with van der Waals surface area (Å²) >= 11 is 0. The Morgan fingerprint density at radius 2 is 2.12 bits per heavy atom. The van der Waals surface area contributed by atoms with E-state index in [0.717, 1.165) is 17.8 Å². The van der Waals surface area contributed by atoms with Gasteiger partial charge >= 0.3 is 0 Å². The molecule has 2 saturated carbocycles. The smallest absolute Gasteiger partial charge is 0.0189 e. The molecule has 2 aliphatic rings. The van der Waals surface area contributed by atoms with Crippen LogP contribution in [0.5, 0.6) is 0 Å². The lowest BCUT2D eigenvalue weighted by Crippen LogP contribution is -2.39. The fourth-order valence-electron chi connectivity index (χ4n) is 3.88. The van der Waals surface area contributed by atoms with Gasteiger partial charge in [-0.1, -0.05) is 13.3 Å². The van der Waals surface area contributed by atoms with Crippen molar-refractivity contribution in [3.63, 3.8) is 0 Å². The third-order valence-corrected chi connectivity index (χ3v) is 4.86. The molecule has 0 aromatic heterocycles. The molecule has 0 aliphatic heterocycles. The van der Waals surface area contributed by atoms with Crippen molar-refractivity contribution in [3.8, 4) is 0 Å². The zero-order chi connectivity index (χ0) is 11.5. The van der Waals surface area contributed by atoms with Gasteiger partial charge in [0, 0.05) is 19.1 Å². The normalized spacial score (nSPS) is 34.9. The SMILES string of the molecule is CCC(CN(C)CC1CC2CCC1C2)NC. The highest BCUT2D eigenvalue weighted by Gasteiger charge is 2.39. The highest BCUT2D eigenvalue weighted by molar-refractivity contribution is 4.91. The largest absolute Gasteiger partial charge is 0.316 e. The minimum absolute atomic E-state index is 0.670. The third kappa shape index (κ3) is 2.78. The van der Waals surface area contributed by atoms with Gasteiger partial charge in [-0.3, -0.25) is 0 Å². The van der Waals surface area contributed by atoms with Crippen LogP contribution in [0.1, 0.15) is 39.0 Å². The van der Waals surface area contributed by atoms with E-state index in [-0.39, 0.29) is 0 Å². The van der Waals surface area contributed by atoms with Crippen LogP contribution in [0.15, 0.2) is 0 Å². The molecular weight excluding hydrogens is 196 g/mol. The molecule has 0 radical (unpaired) electrons. The van der Waals surface area contributed by atoms with E-state index in [1.54, 1.807) is 6.42 Å². The van der Waals surface area contributed by atoms with Crippen molar-refractivity contribution in [1.29, 1.82) is 0 Å². The summed E-state index contributed by atoms with van der Waals surface area (Å²) in [6, 6.07) is 0.670. The van der Waals surface area contributed by atoms with Crippen LogP contribution in [-0.4, -0.2) is 38.1 Å². The molecule has 2 bridgehead atoms. The average Bonchev–Trinajstić information content (AvgIpc) is 2.87. The Morgan fingerprint density at radius 1 is 1.31 bits per heavy atom. The number of fused-ring (bicyclic) bond motifs is 2. The third-order valence-electron chi connectivity index (χ3n) is 4.86.